The molecule has 0 spiro atoms. The summed E-state index contributed by atoms with van der Waals surface area (Å²) < 4.78 is 1.34. The molecule has 0 amide bonds. The second-order valence-electron chi connectivity index (χ2n) is 5.70. The van der Waals surface area contributed by atoms with E-state index in [0.29, 0.717) is 5.69 Å². The van der Waals surface area contributed by atoms with E-state index in [9.17, 15) is 9.59 Å². The number of hydrogen-bond acceptors (Lipinski definition) is 2. The predicted octanol–water partition coefficient (Wildman–Crippen LogP) is 2.83. The number of pyridine rings is 1. The van der Waals surface area contributed by atoms with Crippen molar-refractivity contribution >= 4 is 5.97 Å². The van der Waals surface area contributed by atoms with Crippen LogP contribution in [0.15, 0.2) is 47.4 Å². The number of hydrogen-bond donors (Lipinski definition) is 1. The van der Waals surface area contributed by atoms with Crippen molar-refractivity contribution in [3.63, 3.8) is 0 Å². The highest BCUT2D eigenvalue weighted by atomic mass is 16.4. The summed E-state index contributed by atoms with van der Waals surface area (Å²) in [6.45, 7) is 6.33. The molecule has 1 heterocycles. The lowest BCUT2D eigenvalue weighted by Crippen LogP contribution is -2.24. The molecular weight excluding hydrogens is 254 g/mol. The van der Waals surface area contributed by atoms with Crippen LogP contribution in [0.25, 0.3) is 5.69 Å². The molecule has 1 aromatic carbocycles. The maximum Gasteiger partial charge on any atom is 0.341 e. The minimum absolute atomic E-state index is 0.0341. The average Bonchev–Trinajstić information content (AvgIpc) is 2.38. The van der Waals surface area contributed by atoms with Crippen LogP contribution in [0.4, 0.5) is 0 Å². The molecule has 20 heavy (non-hydrogen) atoms. The summed E-state index contributed by atoms with van der Waals surface area (Å²) in [7, 11) is 0. The molecule has 0 bridgehead atoms. The molecule has 0 aliphatic carbocycles. The van der Waals surface area contributed by atoms with E-state index in [1.807, 2.05) is 24.3 Å². The monoisotopic (exact) mass is 271 g/mol. The number of nitrogens with zero attached hydrogens (tertiary/aromatic N) is 1. The molecule has 1 aromatic heterocycles. The van der Waals surface area contributed by atoms with Crippen LogP contribution in [0.5, 0.6) is 0 Å². The number of aromatic nitrogens is 1. The zero-order valence-corrected chi connectivity index (χ0v) is 11.8. The fourth-order valence-electron chi connectivity index (χ4n) is 1.98. The predicted molar refractivity (Wildman–Crippen MR) is 77.7 cm³/mol. The third-order valence-corrected chi connectivity index (χ3v) is 3.19. The van der Waals surface area contributed by atoms with Crippen LogP contribution in [-0.4, -0.2) is 15.6 Å². The van der Waals surface area contributed by atoms with Gasteiger partial charge in [0.2, 0.25) is 0 Å². The van der Waals surface area contributed by atoms with Gasteiger partial charge in [0.25, 0.3) is 5.56 Å². The van der Waals surface area contributed by atoms with Crippen LogP contribution >= 0.6 is 0 Å². The molecule has 0 aliphatic heterocycles. The van der Waals surface area contributed by atoms with E-state index in [2.05, 4.69) is 20.8 Å². The van der Waals surface area contributed by atoms with E-state index in [-0.39, 0.29) is 11.0 Å². The first-order chi connectivity index (χ1) is 9.30. The molecule has 2 aromatic rings. The van der Waals surface area contributed by atoms with Gasteiger partial charge in [-0.25, -0.2) is 4.79 Å². The first kappa shape index (κ1) is 14.1. The van der Waals surface area contributed by atoms with Gasteiger partial charge >= 0.3 is 5.97 Å². The lowest BCUT2D eigenvalue weighted by molar-refractivity contribution is 0.0694. The fraction of sp³-hybridized carbons (Fsp3) is 0.250. The topological polar surface area (TPSA) is 59.3 Å². The summed E-state index contributed by atoms with van der Waals surface area (Å²) in [5.41, 5.74) is 1.09. The van der Waals surface area contributed by atoms with E-state index in [1.54, 1.807) is 12.3 Å². The van der Waals surface area contributed by atoms with Crippen molar-refractivity contribution < 1.29 is 9.90 Å². The van der Waals surface area contributed by atoms with Gasteiger partial charge in [0, 0.05) is 11.9 Å². The van der Waals surface area contributed by atoms with Crippen molar-refractivity contribution in [2.45, 2.75) is 26.2 Å². The maximum atomic E-state index is 12.1. The lowest BCUT2D eigenvalue weighted by atomic mass is 9.87. The molecule has 0 unspecified atom stereocenters. The smallest absolute Gasteiger partial charge is 0.341 e. The second-order valence-corrected chi connectivity index (χ2v) is 5.70. The van der Waals surface area contributed by atoms with E-state index >= 15 is 0 Å². The molecule has 0 aliphatic rings. The molecule has 0 radical (unpaired) electrons. The quantitative estimate of drug-likeness (QED) is 0.913. The number of carboxylic acid groups (broad SMARTS) is 1. The van der Waals surface area contributed by atoms with Gasteiger partial charge in [-0.1, -0.05) is 32.9 Å². The molecule has 4 nitrogen and oxygen atoms in total. The number of aromatic carboxylic acids is 1. The van der Waals surface area contributed by atoms with Crippen molar-refractivity contribution in [1.82, 2.24) is 4.57 Å². The highest BCUT2D eigenvalue weighted by Crippen LogP contribution is 2.22. The average molecular weight is 271 g/mol. The summed E-state index contributed by atoms with van der Waals surface area (Å²) >= 11 is 0. The van der Waals surface area contributed by atoms with Crippen LogP contribution in [0.1, 0.15) is 36.7 Å². The van der Waals surface area contributed by atoms with Gasteiger partial charge in [-0.2, -0.15) is 0 Å². The number of carbonyl (C=O) groups is 1. The number of benzene rings is 1. The third-order valence-electron chi connectivity index (χ3n) is 3.19. The minimum Gasteiger partial charge on any atom is -0.477 e. The summed E-state index contributed by atoms with van der Waals surface area (Å²) in [5, 5.41) is 8.97. The molecule has 0 fully saturated rings. The van der Waals surface area contributed by atoms with Crippen molar-refractivity contribution in [1.29, 1.82) is 0 Å². The molecule has 0 atom stereocenters. The summed E-state index contributed by atoms with van der Waals surface area (Å²) in [5.74, 6) is -1.21. The molecular formula is C16H17NO3. The van der Waals surface area contributed by atoms with Crippen molar-refractivity contribution in [3.05, 3.63) is 64.1 Å². The molecule has 104 valence electrons. The summed E-state index contributed by atoms with van der Waals surface area (Å²) in [6, 6.07) is 10.4. The van der Waals surface area contributed by atoms with Crippen LogP contribution in [0, 0.1) is 0 Å². The molecule has 0 saturated heterocycles. The standard InChI is InChI=1S/C16H17NO3/c1-16(2,3)11-6-8-12(9-7-11)17-10-4-5-13(14(17)18)15(19)20/h4-10H,1-3H3,(H,19,20). The highest BCUT2D eigenvalue weighted by Gasteiger charge is 2.14. The van der Waals surface area contributed by atoms with E-state index < -0.39 is 11.5 Å². The first-order valence-electron chi connectivity index (χ1n) is 6.36. The highest BCUT2D eigenvalue weighted by molar-refractivity contribution is 5.87. The molecule has 4 heteroatoms. The Balaban J connectivity index is 2.51. The zero-order chi connectivity index (χ0) is 14.9. The Bertz CT molecular complexity index is 691. The van der Waals surface area contributed by atoms with Crippen molar-refractivity contribution in [2.24, 2.45) is 0 Å². The zero-order valence-electron chi connectivity index (χ0n) is 11.8. The molecule has 2 rings (SSSR count). The van der Waals surface area contributed by atoms with Gasteiger partial charge < -0.3 is 5.11 Å². The van der Waals surface area contributed by atoms with Crippen molar-refractivity contribution in [2.75, 3.05) is 0 Å². The molecule has 1 N–H and O–H groups in total. The van der Waals surface area contributed by atoms with E-state index in [1.165, 1.54) is 10.6 Å². The van der Waals surface area contributed by atoms with Crippen LogP contribution in [0.3, 0.4) is 0 Å². The van der Waals surface area contributed by atoms with Crippen LogP contribution in [-0.2, 0) is 5.41 Å². The SMILES string of the molecule is CC(C)(C)c1ccc(-n2cccc(C(=O)O)c2=O)cc1. The Morgan fingerprint density at radius 1 is 1.10 bits per heavy atom. The normalized spacial score (nSPS) is 11.3. The summed E-state index contributed by atoms with van der Waals surface area (Å²) in [4.78, 5) is 23.1. The Labute approximate surface area is 117 Å². The van der Waals surface area contributed by atoms with Crippen LogP contribution in [0.2, 0.25) is 0 Å². The number of rotatable bonds is 2. The van der Waals surface area contributed by atoms with Gasteiger partial charge in [-0.05, 0) is 35.2 Å². The maximum absolute atomic E-state index is 12.1. The van der Waals surface area contributed by atoms with Gasteiger partial charge in [0.15, 0.2) is 0 Å². The number of carboxylic acids is 1. The summed E-state index contributed by atoms with van der Waals surface area (Å²) in [6.07, 6.45) is 1.57. The Kier molecular flexibility index (Phi) is 3.49. The van der Waals surface area contributed by atoms with Gasteiger partial charge in [-0.3, -0.25) is 9.36 Å². The van der Waals surface area contributed by atoms with Crippen molar-refractivity contribution in [3.8, 4) is 5.69 Å². The minimum atomic E-state index is -1.21. The largest absolute Gasteiger partial charge is 0.477 e. The Morgan fingerprint density at radius 2 is 1.70 bits per heavy atom. The van der Waals surface area contributed by atoms with E-state index in [0.717, 1.165) is 5.56 Å². The third kappa shape index (κ3) is 2.64. The van der Waals surface area contributed by atoms with Gasteiger partial charge in [0.05, 0.1) is 0 Å². The first-order valence-corrected chi connectivity index (χ1v) is 6.36. The Morgan fingerprint density at radius 3 is 2.20 bits per heavy atom. The lowest BCUT2D eigenvalue weighted by Gasteiger charge is -2.19. The second kappa shape index (κ2) is 4.96. The Hall–Kier alpha value is -2.36. The van der Waals surface area contributed by atoms with Gasteiger partial charge in [-0.15, -0.1) is 0 Å². The van der Waals surface area contributed by atoms with Crippen LogP contribution < -0.4 is 5.56 Å². The van der Waals surface area contributed by atoms with Gasteiger partial charge in [0.1, 0.15) is 5.56 Å². The fourth-order valence-corrected chi connectivity index (χ4v) is 1.98. The molecule has 0 saturated carbocycles. The van der Waals surface area contributed by atoms with E-state index in [4.69, 9.17) is 5.11 Å².